The van der Waals surface area contributed by atoms with Crippen LogP contribution >= 0.6 is 11.6 Å². The number of carbonyl (C=O) groups is 1. The molecule has 1 saturated heterocycles. The number of halogens is 1. The van der Waals surface area contributed by atoms with Gasteiger partial charge in [-0.2, -0.15) is 0 Å². The number of hydrogen-bond acceptors (Lipinski definition) is 5. The van der Waals surface area contributed by atoms with Gasteiger partial charge in [-0.25, -0.2) is 0 Å². The summed E-state index contributed by atoms with van der Waals surface area (Å²) in [6.45, 7) is 10.1. The Morgan fingerprint density at radius 1 is 1.28 bits per heavy atom. The van der Waals surface area contributed by atoms with Crippen molar-refractivity contribution in [1.29, 1.82) is 0 Å². The molecule has 172 valence electrons. The standard InChI is InChI=1S/C25H33ClN4O2/c1-15(2)30(13-18-7-8-21(31)28-18)14-19-11-17-12-20(26)23-22(24(17)32-19)25(29-16(3)27-23)9-5-4-6-10-25/h11-12,15,18,27,29H,3-10,13-14H2,1-2H3,(H,28,31). The molecule has 1 saturated carbocycles. The number of benzene rings is 1. The molecule has 1 unspecified atom stereocenters. The number of rotatable bonds is 5. The monoisotopic (exact) mass is 456 g/mol. The van der Waals surface area contributed by atoms with E-state index in [9.17, 15) is 4.79 Å². The van der Waals surface area contributed by atoms with Crippen LogP contribution in [0.3, 0.4) is 0 Å². The highest BCUT2D eigenvalue weighted by Crippen LogP contribution is 2.49. The fourth-order valence-electron chi connectivity index (χ4n) is 5.68. The highest BCUT2D eigenvalue weighted by molar-refractivity contribution is 6.34. The van der Waals surface area contributed by atoms with Crippen LogP contribution in [-0.2, 0) is 16.9 Å². The number of carbonyl (C=O) groups excluding carboxylic acids is 1. The number of nitrogens with one attached hydrogen (secondary N) is 3. The molecule has 3 aliphatic rings. The lowest BCUT2D eigenvalue weighted by molar-refractivity contribution is -0.119. The van der Waals surface area contributed by atoms with Gasteiger partial charge in [0.25, 0.3) is 0 Å². The van der Waals surface area contributed by atoms with Gasteiger partial charge in [-0.3, -0.25) is 9.69 Å². The van der Waals surface area contributed by atoms with Gasteiger partial charge in [0.15, 0.2) is 0 Å². The van der Waals surface area contributed by atoms with Crippen molar-refractivity contribution in [3.63, 3.8) is 0 Å². The molecule has 1 aromatic heterocycles. The summed E-state index contributed by atoms with van der Waals surface area (Å²) in [5.74, 6) is 1.89. The lowest BCUT2D eigenvalue weighted by Gasteiger charge is -2.44. The summed E-state index contributed by atoms with van der Waals surface area (Å²) in [6, 6.07) is 4.68. The second-order valence-electron chi connectivity index (χ2n) is 9.94. The third-order valence-electron chi connectivity index (χ3n) is 7.29. The van der Waals surface area contributed by atoms with Crippen molar-refractivity contribution in [2.75, 3.05) is 11.9 Å². The van der Waals surface area contributed by atoms with Gasteiger partial charge in [0.2, 0.25) is 5.91 Å². The Hall–Kier alpha value is -2.18. The van der Waals surface area contributed by atoms with Crippen molar-refractivity contribution in [2.45, 2.75) is 83.0 Å². The molecule has 6 nitrogen and oxygen atoms in total. The largest absolute Gasteiger partial charge is 0.459 e. The molecule has 1 amide bonds. The van der Waals surface area contributed by atoms with Crippen LogP contribution in [0.2, 0.25) is 5.02 Å². The molecule has 1 atom stereocenters. The van der Waals surface area contributed by atoms with Crippen LogP contribution in [0.15, 0.2) is 28.9 Å². The normalized spacial score (nSPS) is 22.3. The predicted molar refractivity (Wildman–Crippen MR) is 129 cm³/mol. The zero-order valence-electron chi connectivity index (χ0n) is 19.0. The van der Waals surface area contributed by atoms with Gasteiger partial charge in [-0.15, -0.1) is 0 Å². The molecule has 1 spiro atoms. The maximum atomic E-state index is 11.6. The van der Waals surface area contributed by atoms with Crippen molar-refractivity contribution in [3.05, 3.63) is 40.9 Å². The summed E-state index contributed by atoms with van der Waals surface area (Å²) < 4.78 is 6.55. The van der Waals surface area contributed by atoms with Crippen molar-refractivity contribution in [3.8, 4) is 0 Å². The van der Waals surface area contributed by atoms with Crippen LogP contribution in [0.1, 0.15) is 70.1 Å². The highest BCUT2D eigenvalue weighted by atomic mass is 35.5. The van der Waals surface area contributed by atoms with Crippen molar-refractivity contribution < 1.29 is 9.21 Å². The Balaban J connectivity index is 1.51. The van der Waals surface area contributed by atoms with Crippen molar-refractivity contribution >= 4 is 34.2 Å². The zero-order chi connectivity index (χ0) is 22.5. The molecular weight excluding hydrogens is 424 g/mol. The SMILES string of the molecule is C=C1Nc2c(Cl)cc3cc(CN(CC4CCC(=O)N4)C(C)C)oc3c2C2(CCCCC2)N1. The van der Waals surface area contributed by atoms with Gasteiger partial charge in [-0.05, 0) is 45.2 Å². The van der Waals surface area contributed by atoms with E-state index in [0.717, 1.165) is 59.6 Å². The first-order valence-electron chi connectivity index (χ1n) is 11.9. The summed E-state index contributed by atoms with van der Waals surface area (Å²) in [7, 11) is 0. The Kier molecular flexibility index (Phi) is 5.62. The average molecular weight is 457 g/mol. The number of amides is 1. The van der Waals surface area contributed by atoms with Crippen molar-refractivity contribution in [2.24, 2.45) is 0 Å². The minimum atomic E-state index is -0.181. The second-order valence-corrected chi connectivity index (χ2v) is 10.3. The molecule has 32 heavy (non-hydrogen) atoms. The zero-order valence-corrected chi connectivity index (χ0v) is 19.8. The molecule has 0 radical (unpaired) electrons. The van der Waals surface area contributed by atoms with Crippen LogP contribution in [0.4, 0.5) is 5.69 Å². The van der Waals surface area contributed by atoms with E-state index in [1.165, 1.54) is 19.3 Å². The van der Waals surface area contributed by atoms with Crippen LogP contribution < -0.4 is 16.0 Å². The maximum Gasteiger partial charge on any atom is 0.220 e. The van der Waals surface area contributed by atoms with Crippen LogP contribution in [0.5, 0.6) is 0 Å². The summed E-state index contributed by atoms with van der Waals surface area (Å²) in [6.07, 6.45) is 7.23. The van der Waals surface area contributed by atoms with E-state index in [1.807, 2.05) is 6.07 Å². The van der Waals surface area contributed by atoms with E-state index in [1.54, 1.807) is 0 Å². The molecule has 1 aliphatic carbocycles. The van der Waals surface area contributed by atoms with Gasteiger partial charge in [0, 0.05) is 36.0 Å². The Labute approximate surface area is 194 Å². The van der Waals surface area contributed by atoms with Gasteiger partial charge in [0.1, 0.15) is 11.3 Å². The van der Waals surface area contributed by atoms with E-state index >= 15 is 0 Å². The Morgan fingerprint density at radius 2 is 2.06 bits per heavy atom. The molecule has 7 heteroatoms. The van der Waals surface area contributed by atoms with E-state index in [2.05, 4.69) is 47.3 Å². The smallest absolute Gasteiger partial charge is 0.220 e. The van der Waals surface area contributed by atoms with E-state index in [4.69, 9.17) is 16.0 Å². The molecule has 5 rings (SSSR count). The quantitative estimate of drug-likeness (QED) is 0.575. The Morgan fingerprint density at radius 3 is 2.75 bits per heavy atom. The second kappa shape index (κ2) is 8.31. The molecule has 2 aromatic rings. The highest BCUT2D eigenvalue weighted by Gasteiger charge is 2.42. The van der Waals surface area contributed by atoms with Gasteiger partial charge >= 0.3 is 0 Å². The minimum absolute atomic E-state index is 0.156. The molecule has 1 aromatic carbocycles. The molecule has 3 heterocycles. The predicted octanol–water partition coefficient (Wildman–Crippen LogP) is 5.22. The average Bonchev–Trinajstić information content (AvgIpc) is 3.33. The molecular formula is C25H33ClN4O2. The summed E-state index contributed by atoms with van der Waals surface area (Å²) in [4.78, 5) is 14.0. The van der Waals surface area contributed by atoms with Crippen LogP contribution in [-0.4, -0.2) is 29.4 Å². The van der Waals surface area contributed by atoms with E-state index in [-0.39, 0.29) is 17.5 Å². The summed E-state index contributed by atoms with van der Waals surface area (Å²) in [5, 5.41) is 11.9. The topological polar surface area (TPSA) is 69.5 Å². The minimum Gasteiger partial charge on any atom is -0.459 e. The number of fused-ring (bicyclic) bond motifs is 4. The first-order chi connectivity index (χ1) is 15.3. The first-order valence-corrected chi connectivity index (χ1v) is 12.3. The van der Waals surface area contributed by atoms with Gasteiger partial charge < -0.3 is 20.4 Å². The fourth-order valence-corrected chi connectivity index (χ4v) is 5.94. The number of anilines is 1. The third kappa shape index (κ3) is 3.88. The number of nitrogens with zero attached hydrogens (tertiary/aromatic N) is 1. The van der Waals surface area contributed by atoms with Crippen LogP contribution in [0, 0.1) is 0 Å². The van der Waals surface area contributed by atoms with Crippen LogP contribution in [0.25, 0.3) is 11.0 Å². The molecule has 3 N–H and O–H groups in total. The van der Waals surface area contributed by atoms with E-state index in [0.29, 0.717) is 24.0 Å². The van der Waals surface area contributed by atoms with Crippen molar-refractivity contribution in [1.82, 2.24) is 15.5 Å². The van der Waals surface area contributed by atoms with Gasteiger partial charge in [0.05, 0.1) is 28.6 Å². The lowest BCUT2D eigenvalue weighted by atomic mass is 9.74. The van der Waals surface area contributed by atoms with Gasteiger partial charge in [-0.1, -0.05) is 37.4 Å². The number of furan rings is 1. The van der Waals surface area contributed by atoms with E-state index < -0.39 is 0 Å². The number of hydrogen-bond donors (Lipinski definition) is 3. The lowest BCUT2D eigenvalue weighted by Crippen LogP contribution is -2.48. The third-order valence-corrected chi connectivity index (χ3v) is 7.59. The fraction of sp³-hybridized carbons (Fsp3) is 0.560. The first kappa shape index (κ1) is 21.7. The Bertz CT molecular complexity index is 1050. The molecule has 2 aliphatic heterocycles. The molecule has 0 bridgehead atoms. The maximum absolute atomic E-state index is 11.6. The molecule has 2 fully saturated rings. The summed E-state index contributed by atoms with van der Waals surface area (Å²) >= 11 is 6.76. The summed E-state index contributed by atoms with van der Waals surface area (Å²) in [5.41, 5.74) is 2.82.